The summed E-state index contributed by atoms with van der Waals surface area (Å²) in [7, 11) is 0. The van der Waals surface area contributed by atoms with Crippen molar-refractivity contribution in [2.75, 3.05) is 12.3 Å². The lowest BCUT2D eigenvalue weighted by atomic mass is 9.74. The lowest BCUT2D eigenvalue weighted by Gasteiger charge is -2.38. The molecule has 0 aromatic rings. The molecule has 3 N–H and O–H groups in total. The summed E-state index contributed by atoms with van der Waals surface area (Å²) in [6, 6.07) is 0.645. The third-order valence-corrected chi connectivity index (χ3v) is 7.48. The zero-order valence-electron chi connectivity index (χ0n) is 14.6. The summed E-state index contributed by atoms with van der Waals surface area (Å²) in [6.07, 6.45) is 13.7. The zero-order chi connectivity index (χ0) is 15.9. The Bertz CT molecular complexity index is 590. The molecule has 1 amide bonds. The van der Waals surface area contributed by atoms with Crippen LogP contribution in [0.1, 0.15) is 32.1 Å². The highest BCUT2D eigenvalue weighted by Gasteiger charge is 2.54. The van der Waals surface area contributed by atoms with Crippen LogP contribution in [-0.2, 0) is 4.79 Å². The second-order valence-corrected chi connectivity index (χ2v) is 8.51. The highest BCUT2D eigenvalue weighted by atomic mass is 35.5. The smallest absolute Gasteiger partial charge is 0.224 e. The second kappa shape index (κ2) is 9.83. The van der Waals surface area contributed by atoms with Crippen LogP contribution in [0.5, 0.6) is 0 Å². The fraction of sp³-hybridized carbons (Fsp3) is 0.667. The van der Waals surface area contributed by atoms with Gasteiger partial charge in [0.2, 0.25) is 5.91 Å². The summed E-state index contributed by atoms with van der Waals surface area (Å²) in [5.74, 6) is 1.65. The minimum atomic E-state index is -0.0517. The molecule has 2 fully saturated rings. The normalized spacial score (nSPS) is 37.0. The third kappa shape index (κ3) is 4.27. The van der Waals surface area contributed by atoms with Crippen molar-refractivity contribution in [1.29, 1.82) is 0 Å². The number of rotatable bonds is 2. The quantitative estimate of drug-likeness (QED) is 0.692. The molecule has 26 heavy (non-hydrogen) atoms. The van der Waals surface area contributed by atoms with Crippen LogP contribution in [0.25, 0.3) is 0 Å². The summed E-state index contributed by atoms with van der Waals surface area (Å²) in [5.41, 5.74) is 7.13. The Morgan fingerprint density at radius 2 is 1.88 bits per heavy atom. The van der Waals surface area contributed by atoms with Gasteiger partial charge < -0.3 is 11.1 Å². The van der Waals surface area contributed by atoms with Crippen molar-refractivity contribution in [1.82, 2.24) is 5.32 Å². The van der Waals surface area contributed by atoms with E-state index in [0.717, 1.165) is 44.4 Å². The first-order valence-electron chi connectivity index (χ1n) is 8.80. The predicted octanol–water partition coefficient (Wildman–Crippen LogP) is 3.33. The molecule has 2 aliphatic heterocycles. The van der Waals surface area contributed by atoms with E-state index in [1.54, 1.807) is 0 Å². The molecule has 0 aromatic heterocycles. The van der Waals surface area contributed by atoms with Gasteiger partial charge in [0, 0.05) is 24.4 Å². The Morgan fingerprint density at radius 1 is 1.15 bits per heavy atom. The fourth-order valence-electron chi connectivity index (χ4n) is 4.49. The highest BCUT2D eigenvalue weighted by molar-refractivity contribution is 8.02. The van der Waals surface area contributed by atoms with Crippen LogP contribution in [0.4, 0.5) is 0 Å². The first-order valence-corrected chi connectivity index (χ1v) is 9.78. The Morgan fingerprint density at radius 3 is 2.62 bits per heavy atom. The molecule has 148 valence electrons. The number of halogens is 3. The summed E-state index contributed by atoms with van der Waals surface area (Å²) in [4.78, 5) is 17.6. The van der Waals surface area contributed by atoms with Gasteiger partial charge in [-0.15, -0.1) is 49.0 Å². The van der Waals surface area contributed by atoms with Crippen molar-refractivity contribution in [3.05, 3.63) is 24.3 Å². The minimum Gasteiger partial charge on any atom is -0.353 e. The van der Waals surface area contributed by atoms with Crippen LogP contribution in [0, 0.1) is 11.8 Å². The monoisotopic (exact) mass is 439 g/mol. The zero-order valence-corrected chi connectivity index (χ0v) is 17.9. The molecular formula is C18H28Cl3N3OS. The van der Waals surface area contributed by atoms with E-state index in [1.165, 1.54) is 5.71 Å². The van der Waals surface area contributed by atoms with Gasteiger partial charge in [-0.05, 0) is 44.1 Å². The third-order valence-electron chi connectivity index (χ3n) is 5.82. The fourth-order valence-corrected chi connectivity index (χ4v) is 6.28. The van der Waals surface area contributed by atoms with Gasteiger partial charge in [-0.25, -0.2) is 0 Å². The molecule has 0 bridgehead atoms. The summed E-state index contributed by atoms with van der Waals surface area (Å²) >= 11 is 1.91. The van der Waals surface area contributed by atoms with Gasteiger partial charge >= 0.3 is 0 Å². The van der Waals surface area contributed by atoms with Crippen LogP contribution in [0.3, 0.4) is 0 Å². The Labute approximate surface area is 178 Å². The standard InChI is InChI=1S/C18H25N3OS.3ClH/c19-12-4-6-13(7-5-12)21-17(22)14-11-23-18-9-2-1-3-16(18)20-10-8-15(14)18;;;/h1-3,9,12-15H,4-8,10-11,19H2,(H,21,22);3*1H. The highest BCUT2D eigenvalue weighted by Crippen LogP contribution is 2.52. The number of nitrogens with zero attached hydrogens (tertiary/aromatic N) is 1. The van der Waals surface area contributed by atoms with Crippen molar-refractivity contribution in [3.8, 4) is 0 Å². The van der Waals surface area contributed by atoms with Gasteiger partial charge in [0.15, 0.2) is 0 Å². The molecule has 3 atom stereocenters. The van der Waals surface area contributed by atoms with E-state index in [0.29, 0.717) is 18.0 Å². The summed E-state index contributed by atoms with van der Waals surface area (Å²) in [5, 5.41) is 3.32. The average molecular weight is 441 g/mol. The predicted molar refractivity (Wildman–Crippen MR) is 117 cm³/mol. The molecule has 4 nitrogen and oxygen atoms in total. The number of nitrogens with one attached hydrogen (secondary N) is 1. The van der Waals surface area contributed by atoms with Crippen molar-refractivity contribution in [2.45, 2.75) is 48.9 Å². The van der Waals surface area contributed by atoms with Crippen molar-refractivity contribution in [3.63, 3.8) is 0 Å². The maximum absolute atomic E-state index is 12.9. The van der Waals surface area contributed by atoms with Crippen LogP contribution >= 0.6 is 49.0 Å². The molecule has 1 saturated heterocycles. The minimum absolute atomic E-state index is 0. The number of hydrogen-bond donors (Lipinski definition) is 2. The van der Waals surface area contributed by atoms with E-state index in [2.05, 4.69) is 29.6 Å². The molecule has 1 saturated carbocycles. The number of nitrogens with two attached hydrogens (primary N) is 1. The van der Waals surface area contributed by atoms with E-state index < -0.39 is 0 Å². The number of thioether (sulfide) groups is 1. The number of aliphatic imine (C=N–C) groups is 1. The SMILES string of the molecule is Cl.Cl.Cl.NC1CCC(NC(=O)C2CSC34C=CC=CC3=NCCC24)CC1. The van der Waals surface area contributed by atoms with Crippen LogP contribution < -0.4 is 11.1 Å². The van der Waals surface area contributed by atoms with Gasteiger partial charge in [0.05, 0.1) is 16.4 Å². The lowest BCUT2D eigenvalue weighted by molar-refractivity contribution is -0.126. The van der Waals surface area contributed by atoms with Crippen molar-refractivity contribution >= 4 is 60.6 Å². The van der Waals surface area contributed by atoms with Crippen LogP contribution in [-0.4, -0.2) is 40.7 Å². The van der Waals surface area contributed by atoms with Crippen molar-refractivity contribution in [2.24, 2.45) is 22.6 Å². The Balaban J connectivity index is 0.00000113. The molecule has 3 unspecified atom stereocenters. The number of carbonyl (C=O) groups excluding carboxylic acids is 1. The van der Waals surface area contributed by atoms with Crippen LogP contribution in [0.15, 0.2) is 29.3 Å². The van der Waals surface area contributed by atoms with E-state index in [4.69, 9.17) is 10.7 Å². The first-order chi connectivity index (χ1) is 11.2. The molecule has 0 aromatic carbocycles. The molecule has 8 heteroatoms. The van der Waals surface area contributed by atoms with E-state index in [-0.39, 0.29) is 53.8 Å². The Kier molecular flexibility index (Phi) is 9.01. The maximum Gasteiger partial charge on any atom is 0.224 e. The molecular weight excluding hydrogens is 413 g/mol. The second-order valence-electron chi connectivity index (χ2n) is 7.21. The van der Waals surface area contributed by atoms with Gasteiger partial charge in [-0.1, -0.05) is 18.2 Å². The Hall–Kier alpha value is -0.200. The topological polar surface area (TPSA) is 67.5 Å². The van der Waals surface area contributed by atoms with Crippen molar-refractivity contribution < 1.29 is 4.79 Å². The van der Waals surface area contributed by atoms with Crippen LogP contribution in [0.2, 0.25) is 0 Å². The average Bonchev–Trinajstić information content (AvgIpc) is 2.95. The summed E-state index contributed by atoms with van der Waals surface area (Å²) in [6.45, 7) is 0.850. The van der Waals surface area contributed by atoms with Gasteiger partial charge in [0.1, 0.15) is 0 Å². The largest absolute Gasteiger partial charge is 0.353 e. The maximum atomic E-state index is 12.9. The van der Waals surface area contributed by atoms with E-state index in [1.807, 2.05) is 11.8 Å². The molecule has 0 radical (unpaired) electrons. The number of hydrogen-bond acceptors (Lipinski definition) is 4. The van der Waals surface area contributed by atoms with Gasteiger partial charge in [-0.3, -0.25) is 9.79 Å². The number of amides is 1. The van der Waals surface area contributed by atoms with Gasteiger partial charge in [0.25, 0.3) is 0 Å². The molecule has 2 heterocycles. The number of carbonyl (C=O) groups is 1. The lowest BCUT2D eigenvalue weighted by Crippen LogP contribution is -2.48. The molecule has 2 aliphatic carbocycles. The summed E-state index contributed by atoms with van der Waals surface area (Å²) < 4.78 is -0.0517. The first kappa shape index (κ1) is 23.8. The van der Waals surface area contributed by atoms with Gasteiger partial charge in [-0.2, -0.15) is 0 Å². The molecule has 4 aliphatic rings. The molecule has 1 spiro atoms. The number of allylic oxidation sites excluding steroid dienone is 3. The van der Waals surface area contributed by atoms with E-state index in [9.17, 15) is 4.79 Å². The van der Waals surface area contributed by atoms with E-state index >= 15 is 0 Å². The molecule has 4 rings (SSSR count).